The van der Waals surface area contributed by atoms with E-state index in [2.05, 4.69) is 22.5 Å². The first-order valence-corrected chi connectivity index (χ1v) is 11.6. The molecule has 1 heterocycles. The van der Waals surface area contributed by atoms with Gasteiger partial charge < -0.3 is 20.3 Å². The molecule has 2 fully saturated rings. The highest BCUT2D eigenvalue weighted by atomic mass is 127. The molecule has 30 heavy (non-hydrogen) atoms. The minimum Gasteiger partial charge on any atom is -0.466 e. The number of carbonyl (C=O) groups is 2. The highest BCUT2D eigenvalue weighted by Crippen LogP contribution is 2.27. The molecule has 1 unspecified atom stereocenters. The molecule has 0 aromatic carbocycles. The van der Waals surface area contributed by atoms with Gasteiger partial charge in [0.1, 0.15) is 0 Å². The van der Waals surface area contributed by atoms with Crippen molar-refractivity contribution in [2.24, 2.45) is 10.9 Å². The summed E-state index contributed by atoms with van der Waals surface area (Å²) in [4.78, 5) is 30.6. The Balaban J connectivity index is 0.00000450. The predicted octanol–water partition coefficient (Wildman–Crippen LogP) is 3.46. The van der Waals surface area contributed by atoms with Crippen LogP contribution in [0, 0.1) is 5.92 Å². The van der Waals surface area contributed by atoms with E-state index in [-0.39, 0.29) is 41.9 Å². The number of hydrogen-bond donors (Lipinski definition) is 2. The van der Waals surface area contributed by atoms with Crippen molar-refractivity contribution in [2.45, 2.75) is 84.1 Å². The lowest BCUT2D eigenvalue weighted by Gasteiger charge is -2.21. The number of carbonyl (C=O) groups excluding carboxylic acids is 2. The molecule has 0 aromatic rings. The summed E-state index contributed by atoms with van der Waals surface area (Å²) in [5.41, 5.74) is 0. The molecule has 1 amide bonds. The second-order valence-corrected chi connectivity index (χ2v) is 8.13. The number of ether oxygens (including phenoxy) is 1. The van der Waals surface area contributed by atoms with Crippen molar-refractivity contribution < 1.29 is 14.3 Å². The lowest BCUT2D eigenvalue weighted by atomic mass is 10.1. The summed E-state index contributed by atoms with van der Waals surface area (Å²) in [5.74, 6) is 1.37. The summed E-state index contributed by atoms with van der Waals surface area (Å²) in [6.45, 7) is 7.59. The van der Waals surface area contributed by atoms with Crippen LogP contribution in [-0.4, -0.2) is 61.6 Å². The number of aliphatic imine (C=N–C) groups is 1. The van der Waals surface area contributed by atoms with Gasteiger partial charge in [0.05, 0.1) is 6.61 Å². The van der Waals surface area contributed by atoms with Crippen molar-refractivity contribution in [2.75, 3.05) is 32.8 Å². The number of nitrogens with one attached hydrogen (secondary N) is 2. The van der Waals surface area contributed by atoms with Gasteiger partial charge in [-0.25, -0.2) is 0 Å². The zero-order valence-electron chi connectivity index (χ0n) is 18.8. The zero-order valence-corrected chi connectivity index (χ0v) is 21.1. The average molecular weight is 536 g/mol. The van der Waals surface area contributed by atoms with E-state index in [9.17, 15) is 9.59 Å². The molecule has 0 bridgehead atoms. The van der Waals surface area contributed by atoms with Crippen LogP contribution in [-0.2, 0) is 14.3 Å². The smallest absolute Gasteiger partial charge is 0.305 e. The molecule has 2 aliphatic rings. The number of guanidine groups is 1. The number of halogens is 1. The molecule has 7 nitrogen and oxygen atoms in total. The first kappa shape index (κ1) is 27.0. The van der Waals surface area contributed by atoms with Gasteiger partial charge >= 0.3 is 5.97 Å². The van der Waals surface area contributed by atoms with Gasteiger partial charge in [-0.2, -0.15) is 0 Å². The van der Waals surface area contributed by atoms with E-state index in [1.807, 2.05) is 11.8 Å². The molecule has 1 aliphatic carbocycles. The molecule has 174 valence electrons. The van der Waals surface area contributed by atoms with Gasteiger partial charge in [0.2, 0.25) is 5.91 Å². The van der Waals surface area contributed by atoms with Crippen molar-refractivity contribution >= 4 is 41.8 Å². The lowest BCUT2D eigenvalue weighted by Crippen LogP contribution is -2.45. The van der Waals surface area contributed by atoms with Crippen LogP contribution in [0.25, 0.3) is 0 Å². The van der Waals surface area contributed by atoms with Gasteiger partial charge in [-0.1, -0.05) is 25.7 Å². The predicted molar refractivity (Wildman–Crippen MR) is 131 cm³/mol. The highest BCUT2D eigenvalue weighted by molar-refractivity contribution is 14.0. The molecule has 0 radical (unpaired) electrons. The normalized spacial score (nSPS) is 19.5. The van der Waals surface area contributed by atoms with Gasteiger partial charge in [0, 0.05) is 44.6 Å². The maximum atomic E-state index is 12.6. The third-order valence-corrected chi connectivity index (χ3v) is 5.75. The van der Waals surface area contributed by atoms with Crippen LogP contribution in [0.1, 0.15) is 78.1 Å². The summed E-state index contributed by atoms with van der Waals surface area (Å²) in [6, 6.07) is 0.280. The number of hydrogen-bond acceptors (Lipinski definition) is 4. The van der Waals surface area contributed by atoms with Gasteiger partial charge in [-0.3, -0.25) is 14.6 Å². The number of likely N-dealkylation sites (tertiary alicyclic amines) is 1. The number of amides is 1. The van der Waals surface area contributed by atoms with Crippen LogP contribution < -0.4 is 10.6 Å². The lowest BCUT2D eigenvalue weighted by molar-refractivity contribution is -0.143. The Kier molecular flexibility index (Phi) is 14.1. The maximum absolute atomic E-state index is 12.6. The van der Waals surface area contributed by atoms with Crippen molar-refractivity contribution in [1.82, 2.24) is 15.5 Å². The first-order valence-electron chi connectivity index (χ1n) is 11.6. The van der Waals surface area contributed by atoms with Crippen LogP contribution in [0.5, 0.6) is 0 Å². The third kappa shape index (κ3) is 9.83. The van der Waals surface area contributed by atoms with Crippen LogP contribution in [0.2, 0.25) is 0 Å². The van der Waals surface area contributed by atoms with E-state index >= 15 is 0 Å². The van der Waals surface area contributed by atoms with E-state index in [0.29, 0.717) is 18.9 Å². The Morgan fingerprint density at radius 2 is 1.80 bits per heavy atom. The van der Waals surface area contributed by atoms with Gasteiger partial charge in [0.25, 0.3) is 0 Å². The zero-order chi connectivity index (χ0) is 20.9. The molecule has 0 spiro atoms. The Morgan fingerprint density at radius 1 is 1.07 bits per heavy atom. The number of unbranched alkanes of at least 4 members (excludes halogenated alkanes) is 3. The molecule has 1 saturated heterocycles. The molecule has 1 saturated carbocycles. The number of nitrogens with zero attached hydrogens (tertiary/aromatic N) is 2. The first-order chi connectivity index (χ1) is 14.1. The monoisotopic (exact) mass is 536 g/mol. The largest absolute Gasteiger partial charge is 0.466 e. The van der Waals surface area contributed by atoms with Crippen LogP contribution in [0.3, 0.4) is 0 Å². The Labute approximate surface area is 199 Å². The second kappa shape index (κ2) is 15.7. The highest BCUT2D eigenvalue weighted by Gasteiger charge is 2.32. The maximum Gasteiger partial charge on any atom is 0.305 e. The fourth-order valence-electron chi connectivity index (χ4n) is 4.18. The number of esters is 1. The van der Waals surface area contributed by atoms with Gasteiger partial charge in [-0.15, -0.1) is 24.0 Å². The SMILES string of the molecule is CCNC(=NCCCCCCC(=O)OCC)NC1CCN(C(=O)C2CCCC2)C1.I. The van der Waals surface area contributed by atoms with Crippen LogP contribution >= 0.6 is 24.0 Å². The minimum atomic E-state index is -0.0961. The quantitative estimate of drug-likeness (QED) is 0.139. The molecule has 1 atom stereocenters. The Bertz CT molecular complexity index is 538. The fourth-order valence-corrected chi connectivity index (χ4v) is 4.18. The van der Waals surface area contributed by atoms with E-state index in [0.717, 1.165) is 77.1 Å². The van der Waals surface area contributed by atoms with Crippen molar-refractivity contribution in [3.63, 3.8) is 0 Å². The van der Waals surface area contributed by atoms with Crippen molar-refractivity contribution in [3.8, 4) is 0 Å². The van der Waals surface area contributed by atoms with Gasteiger partial charge in [-0.05, 0) is 46.0 Å². The summed E-state index contributed by atoms with van der Waals surface area (Å²) in [6.07, 6.45) is 10.0. The van der Waals surface area contributed by atoms with E-state index in [1.165, 1.54) is 12.8 Å². The van der Waals surface area contributed by atoms with Crippen molar-refractivity contribution in [1.29, 1.82) is 0 Å². The molecular weight excluding hydrogens is 495 g/mol. The standard InChI is InChI=1S/C22H40N4O3.HI/c1-3-23-22(24-15-10-6-5-7-13-20(27)29-4-2)25-19-14-16-26(17-19)21(28)18-11-8-9-12-18;/h18-19H,3-17H2,1-2H3,(H2,23,24,25);1H. The van der Waals surface area contributed by atoms with Gasteiger partial charge in [0.15, 0.2) is 5.96 Å². The summed E-state index contributed by atoms with van der Waals surface area (Å²) < 4.78 is 4.94. The number of rotatable bonds is 11. The fraction of sp³-hybridized carbons (Fsp3) is 0.864. The molecular formula is C22H41IN4O3. The third-order valence-electron chi connectivity index (χ3n) is 5.75. The summed E-state index contributed by atoms with van der Waals surface area (Å²) >= 11 is 0. The van der Waals surface area contributed by atoms with Crippen molar-refractivity contribution in [3.05, 3.63) is 0 Å². The molecule has 8 heteroatoms. The minimum absolute atomic E-state index is 0. The molecule has 1 aliphatic heterocycles. The summed E-state index contributed by atoms with van der Waals surface area (Å²) in [5, 5.41) is 6.82. The molecule has 2 rings (SSSR count). The van der Waals surface area contributed by atoms with Crippen LogP contribution in [0.4, 0.5) is 0 Å². The Hall–Kier alpha value is -1.06. The Morgan fingerprint density at radius 3 is 2.50 bits per heavy atom. The topological polar surface area (TPSA) is 83.0 Å². The second-order valence-electron chi connectivity index (χ2n) is 8.13. The molecule has 2 N–H and O–H groups in total. The van der Waals surface area contributed by atoms with Crippen LogP contribution in [0.15, 0.2) is 4.99 Å². The average Bonchev–Trinajstić information content (AvgIpc) is 3.39. The van der Waals surface area contributed by atoms with E-state index in [1.54, 1.807) is 0 Å². The molecule has 0 aromatic heterocycles. The van der Waals surface area contributed by atoms with E-state index in [4.69, 9.17) is 4.74 Å². The van der Waals surface area contributed by atoms with E-state index < -0.39 is 0 Å². The summed E-state index contributed by atoms with van der Waals surface area (Å²) in [7, 11) is 0.